The molecule has 2 N–H and O–H groups in total. The molecular weight excluding hydrogens is 254 g/mol. The molecule has 18 heavy (non-hydrogen) atoms. The number of rotatable bonds is 5. The molecule has 0 saturated carbocycles. The van der Waals surface area contributed by atoms with E-state index in [2.05, 4.69) is 10.6 Å². The number of nitrogens with one attached hydrogen (secondary N) is 2. The van der Waals surface area contributed by atoms with Gasteiger partial charge in [-0.05, 0) is 31.2 Å². The standard InChI is InChI=1S/C12H14ClN3O2/c1-9(16-12(17)15-8-2-7-14)18-11-5-3-10(13)4-6-11/h3-6,9H,2,8H2,1H3,(H2,15,16,17). The number of carbonyl (C=O) groups is 1. The first-order valence-corrected chi connectivity index (χ1v) is 5.83. The normalized spacial score (nSPS) is 11.2. The van der Waals surface area contributed by atoms with Crippen LogP contribution in [-0.4, -0.2) is 18.8 Å². The van der Waals surface area contributed by atoms with Gasteiger partial charge in [0.1, 0.15) is 5.75 Å². The van der Waals surface area contributed by atoms with E-state index >= 15 is 0 Å². The monoisotopic (exact) mass is 267 g/mol. The predicted molar refractivity (Wildman–Crippen MR) is 68.3 cm³/mol. The molecule has 0 aliphatic carbocycles. The zero-order valence-corrected chi connectivity index (χ0v) is 10.7. The van der Waals surface area contributed by atoms with Crippen LogP contribution in [0.5, 0.6) is 5.75 Å². The lowest BCUT2D eigenvalue weighted by Crippen LogP contribution is -2.43. The lowest BCUT2D eigenvalue weighted by Gasteiger charge is -2.16. The number of amides is 2. The smallest absolute Gasteiger partial charge is 0.317 e. The lowest BCUT2D eigenvalue weighted by molar-refractivity contribution is 0.177. The zero-order chi connectivity index (χ0) is 13.4. The molecule has 1 aromatic rings. The Morgan fingerprint density at radius 3 is 2.78 bits per heavy atom. The van der Waals surface area contributed by atoms with Crippen molar-refractivity contribution in [3.05, 3.63) is 29.3 Å². The van der Waals surface area contributed by atoms with Crippen LogP contribution in [0.3, 0.4) is 0 Å². The Bertz CT molecular complexity index is 428. The third kappa shape index (κ3) is 5.41. The van der Waals surface area contributed by atoms with Crippen LogP contribution in [0.1, 0.15) is 13.3 Å². The maximum Gasteiger partial charge on any atom is 0.317 e. The summed E-state index contributed by atoms with van der Waals surface area (Å²) in [6.45, 7) is 2.02. The highest BCUT2D eigenvalue weighted by molar-refractivity contribution is 6.30. The van der Waals surface area contributed by atoms with Crippen LogP contribution in [0, 0.1) is 11.3 Å². The fourth-order valence-electron chi connectivity index (χ4n) is 1.21. The van der Waals surface area contributed by atoms with Crippen LogP contribution in [0.25, 0.3) is 0 Å². The van der Waals surface area contributed by atoms with E-state index in [1.165, 1.54) is 0 Å². The van der Waals surface area contributed by atoms with Crippen molar-refractivity contribution in [3.63, 3.8) is 0 Å². The topological polar surface area (TPSA) is 74.2 Å². The summed E-state index contributed by atoms with van der Waals surface area (Å²) in [6, 6.07) is 8.41. The summed E-state index contributed by atoms with van der Waals surface area (Å²) in [7, 11) is 0. The van der Waals surface area contributed by atoms with Crippen LogP contribution in [-0.2, 0) is 0 Å². The number of urea groups is 1. The van der Waals surface area contributed by atoms with Gasteiger partial charge in [0.15, 0.2) is 6.23 Å². The minimum Gasteiger partial charge on any atom is -0.471 e. The summed E-state index contributed by atoms with van der Waals surface area (Å²) in [6.07, 6.45) is -0.201. The van der Waals surface area contributed by atoms with Crippen molar-refractivity contribution in [1.29, 1.82) is 5.26 Å². The highest BCUT2D eigenvalue weighted by Crippen LogP contribution is 2.16. The van der Waals surface area contributed by atoms with Crippen molar-refractivity contribution in [1.82, 2.24) is 10.6 Å². The van der Waals surface area contributed by atoms with E-state index in [0.717, 1.165) is 0 Å². The summed E-state index contributed by atoms with van der Waals surface area (Å²) in [5.41, 5.74) is 0. The quantitative estimate of drug-likeness (QED) is 0.635. The van der Waals surface area contributed by atoms with Gasteiger partial charge in [0.05, 0.1) is 12.5 Å². The average Bonchev–Trinajstić information content (AvgIpc) is 2.32. The van der Waals surface area contributed by atoms with Crippen molar-refractivity contribution in [2.75, 3.05) is 6.54 Å². The van der Waals surface area contributed by atoms with Crippen LogP contribution in [0.2, 0.25) is 5.02 Å². The van der Waals surface area contributed by atoms with Gasteiger partial charge < -0.3 is 15.4 Å². The number of nitrogens with zero attached hydrogens (tertiary/aromatic N) is 1. The molecule has 1 atom stereocenters. The molecule has 1 aromatic carbocycles. The Labute approximate surface area is 111 Å². The molecule has 1 unspecified atom stereocenters. The van der Waals surface area contributed by atoms with Crippen molar-refractivity contribution in [2.24, 2.45) is 0 Å². The molecule has 0 aliphatic heterocycles. The maximum absolute atomic E-state index is 11.3. The third-order valence-electron chi connectivity index (χ3n) is 1.98. The predicted octanol–water partition coefficient (Wildman–Crippen LogP) is 2.28. The summed E-state index contributed by atoms with van der Waals surface area (Å²) >= 11 is 5.74. The minimum atomic E-state index is -0.478. The summed E-state index contributed by atoms with van der Waals surface area (Å²) in [5.74, 6) is 0.615. The van der Waals surface area contributed by atoms with E-state index in [4.69, 9.17) is 21.6 Å². The second-order valence-electron chi connectivity index (χ2n) is 3.52. The molecule has 0 spiro atoms. The van der Waals surface area contributed by atoms with E-state index in [1.807, 2.05) is 6.07 Å². The van der Waals surface area contributed by atoms with Gasteiger partial charge in [-0.3, -0.25) is 0 Å². The molecule has 0 aromatic heterocycles. The average molecular weight is 268 g/mol. The molecule has 0 aliphatic rings. The first kappa shape index (κ1) is 14.1. The Hall–Kier alpha value is -1.93. The van der Waals surface area contributed by atoms with Gasteiger partial charge in [-0.1, -0.05) is 11.6 Å². The number of ether oxygens (including phenoxy) is 1. The van der Waals surface area contributed by atoms with Gasteiger partial charge in [-0.15, -0.1) is 0 Å². The summed E-state index contributed by atoms with van der Waals surface area (Å²) in [5, 5.41) is 14.1. The van der Waals surface area contributed by atoms with E-state index in [1.54, 1.807) is 31.2 Å². The van der Waals surface area contributed by atoms with Gasteiger partial charge in [0.2, 0.25) is 0 Å². The zero-order valence-electron chi connectivity index (χ0n) is 9.94. The van der Waals surface area contributed by atoms with Crippen molar-refractivity contribution in [2.45, 2.75) is 19.6 Å². The maximum atomic E-state index is 11.3. The molecule has 0 saturated heterocycles. The molecule has 2 amide bonds. The second kappa shape index (κ2) is 7.41. The van der Waals surface area contributed by atoms with Crippen LogP contribution < -0.4 is 15.4 Å². The molecule has 96 valence electrons. The molecule has 6 heteroatoms. The van der Waals surface area contributed by atoms with Crippen molar-refractivity contribution >= 4 is 17.6 Å². The van der Waals surface area contributed by atoms with E-state index in [0.29, 0.717) is 17.3 Å². The first-order chi connectivity index (χ1) is 8.61. The van der Waals surface area contributed by atoms with Gasteiger partial charge in [-0.25, -0.2) is 4.79 Å². The molecule has 5 nitrogen and oxygen atoms in total. The van der Waals surface area contributed by atoms with Gasteiger partial charge >= 0.3 is 6.03 Å². The first-order valence-electron chi connectivity index (χ1n) is 5.45. The SMILES string of the molecule is CC(NC(=O)NCCC#N)Oc1ccc(Cl)cc1. The number of halogens is 1. The largest absolute Gasteiger partial charge is 0.471 e. The van der Waals surface area contributed by atoms with Gasteiger partial charge in [0, 0.05) is 11.6 Å². The molecule has 0 bridgehead atoms. The molecular formula is C12H14ClN3O2. The van der Waals surface area contributed by atoms with E-state index < -0.39 is 6.23 Å². The number of benzene rings is 1. The summed E-state index contributed by atoms with van der Waals surface area (Å²) in [4.78, 5) is 11.3. The van der Waals surface area contributed by atoms with Crippen molar-refractivity contribution < 1.29 is 9.53 Å². The Morgan fingerprint density at radius 2 is 2.17 bits per heavy atom. The van der Waals surface area contributed by atoms with E-state index in [9.17, 15) is 4.79 Å². The van der Waals surface area contributed by atoms with Crippen LogP contribution in [0.15, 0.2) is 24.3 Å². The lowest BCUT2D eigenvalue weighted by atomic mass is 10.3. The Morgan fingerprint density at radius 1 is 1.50 bits per heavy atom. The number of hydrogen-bond acceptors (Lipinski definition) is 3. The van der Waals surface area contributed by atoms with Crippen molar-refractivity contribution in [3.8, 4) is 11.8 Å². The van der Waals surface area contributed by atoms with Crippen LogP contribution in [0.4, 0.5) is 4.79 Å². The summed E-state index contributed by atoms with van der Waals surface area (Å²) < 4.78 is 5.45. The fourth-order valence-corrected chi connectivity index (χ4v) is 1.34. The second-order valence-corrected chi connectivity index (χ2v) is 3.96. The van der Waals surface area contributed by atoms with Gasteiger partial charge in [0.25, 0.3) is 0 Å². The Kier molecular flexibility index (Phi) is 5.81. The highest BCUT2D eigenvalue weighted by atomic mass is 35.5. The molecule has 0 fully saturated rings. The van der Waals surface area contributed by atoms with E-state index in [-0.39, 0.29) is 12.5 Å². The number of carbonyl (C=O) groups excluding carboxylic acids is 1. The minimum absolute atomic E-state index is 0.278. The number of nitriles is 1. The highest BCUT2D eigenvalue weighted by Gasteiger charge is 2.07. The molecule has 1 rings (SSSR count). The number of hydrogen-bond donors (Lipinski definition) is 2. The molecule has 0 heterocycles. The Balaban J connectivity index is 2.33. The molecule has 0 radical (unpaired) electrons. The fraction of sp³-hybridized carbons (Fsp3) is 0.333. The van der Waals surface area contributed by atoms with Crippen LogP contribution >= 0.6 is 11.6 Å². The van der Waals surface area contributed by atoms with Gasteiger partial charge in [-0.2, -0.15) is 5.26 Å². The third-order valence-corrected chi connectivity index (χ3v) is 2.24.